The minimum absolute atomic E-state index is 0.342. The molecule has 0 radical (unpaired) electrons. The Bertz CT molecular complexity index is 503. The number of rotatable bonds is 4. The van der Waals surface area contributed by atoms with Gasteiger partial charge in [0.1, 0.15) is 11.6 Å². The first-order valence-corrected chi connectivity index (χ1v) is 10.0. The van der Waals surface area contributed by atoms with Crippen molar-refractivity contribution in [3.05, 3.63) is 35.4 Å². The molecule has 0 amide bonds. The van der Waals surface area contributed by atoms with Gasteiger partial charge in [-0.05, 0) is 85.8 Å². The van der Waals surface area contributed by atoms with E-state index in [1.807, 2.05) is 0 Å². The average Bonchev–Trinajstić information content (AvgIpc) is 2.60. The Morgan fingerprint density at radius 3 is 1.83 bits per heavy atom. The van der Waals surface area contributed by atoms with Crippen LogP contribution in [0.1, 0.15) is 83.1 Å². The fraction of sp³-hybridized carbons (Fsp3) is 0.727. The standard InChI is InChI=1S/C22H32F2/c1-3-16-4-6-17(7-5-16)15(2)18-8-10-19(11-9-18)20-12-21(23)14-22(24)13-20/h12-19H,3-11H2,1-2H3. The Hall–Kier alpha value is -0.920. The summed E-state index contributed by atoms with van der Waals surface area (Å²) in [6.07, 6.45) is 11.6. The Morgan fingerprint density at radius 1 is 0.833 bits per heavy atom. The highest BCUT2D eigenvalue weighted by molar-refractivity contribution is 5.22. The van der Waals surface area contributed by atoms with Gasteiger partial charge in [0.15, 0.2) is 0 Å². The molecule has 2 aliphatic rings. The Kier molecular flexibility index (Phi) is 5.94. The molecule has 1 unspecified atom stereocenters. The second-order valence-electron chi connectivity index (χ2n) is 8.36. The highest BCUT2D eigenvalue weighted by atomic mass is 19.1. The van der Waals surface area contributed by atoms with Crippen molar-refractivity contribution in [3.63, 3.8) is 0 Å². The van der Waals surface area contributed by atoms with Gasteiger partial charge in [-0.1, -0.05) is 33.1 Å². The Morgan fingerprint density at radius 2 is 1.33 bits per heavy atom. The molecular weight excluding hydrogens is 302 g/mol. The molecule has 0 saturated heterocycles. The topological polar surface area (TPSA) is 0 Å². The highest BCUT2D eigenvalue weighted by Crippen LogP contribution is 2.44. The fourth-order valence-electron chi connectivity index (χ4n) is 5.30. The van der Waals surface area contributed by atoms with Gasteiger partial charge in [0.05, 0.1) is 0 Å². The first kappa shape index (κ1) is 17.9. The van der Waals surface area contributed by atoms with E-state index in [2.05, 4.69) is 13.8 Å². The van der Waals surface area contributed by atoms with Crippen LogP contribution in [0.5, 0.6) is 0 Å². The maximum absolute atomic E-state index is 13.5. The van der Waals surface area contributed by atoms with Crippen molar-refractivity contribution < 1.29 is 8.78 Å². The van der Waals surface area contributed by atoms with Crippen LogP contribution in [-0.4, -0.2) is 0 Å². The van der Waals surface area contributed by atoms with Crippen LogP contribution in [0, 0.1) is 35.3 Å². The second-order valence-corrected chi connectivity index (χ2v) is 8.36. The predicted octanol–water partition coefficient (Wildman–Crippen LogP) is 7.09. The van der Waals surface area contributed by atoms with Crippen molar-refractivity contribution >= 4 is 0 Å². The van der Waals surface area contributed by atoms with Gasteiger partial charge in [0, 0.05) is 6.07 Å². The molecule has 0 heterocycles. The fourth-order valence-corrected chi connectivity index (χ4v) is 5.30. The van der Waals surface area contributed by atoms with Gasteiger partial charge in [-0.2, -0.15) is 0 Å². The summed E-state index contributed by atoms with van der Waals surface area (Å²) in [6.45, 7) is 4.79. The van der Waals surface area contributed by atoms with Gasteiger partial charge in [0.25, 0.3) is 0 Å². The molecule has 2 aliphatic carbocycles. The third kappa shape index (κ3) is 4.18. The summed E-state index contributed by atoms with van der Waals surface area (Å²) in [5, 5.41) is 0. The summed E-state index contributed by atoms with van der Waals surface area (Å²) in [4.78, 5) is 0. The molecule has 0 aromatic heterocycles. The van der Waals surface area contributed by atoms with E-state index in [0.717, 1.165) is 48.1 Å². The van der Waals surface area contributed by atoms with E-state index in [9.17, 15) is 8.78 Å². The molecule has 24 heavy (non-hydrogen) atoms. The van der Waals surface area contributed by atoms with Crippen LogP contribution >= 0.6 is 0 Å². The maximum atomic E-state index is 13.5. The van der Waals surface area contributed by atoms with Crippen molar-refractivity contribution in [2.24, 2.45) is 23.7 Å². The van der Waals surface area contributed by atoms with Crippen molar-refractivity contribution in [2.75, 3.05) is 0 Å². The lowest BCUT2D eigenvalue weighted by atomic mass is 9.67. The van der Waals surface area contributed by atoms with Crippen LogP contribution in [-0.2, 0) is 0 Å². The Labute approximate surface area is 146 Å². The first-order valence-electron chi connectivity index (χ1n) is 10.0. The van der Waals surface area contributed by atoms with Crippen LogP contribution in [0.15, 0.2) is 18.2 Å². The van der Waals surface area contributed by atoms with Crippen molar-refractivity contribution in [1.29, 1.82) is 0 Å². The quantitative estimate of drug-likeness (QED) is 0.551. The van der Waals surface area contributed by atoms with Crippen LogP contribution in [0.25, 0.3) is 0 Å². The first-order chi connectivity index (χ1) is 11.6. The molecule has 1 atom stereocenters. The van der Waals surface area contributed by atoms with E-state index >= 15 is 0 Å². The summed E-state index contributed by atoms with van der Waals surface area (Å²) in [6, 6.07) is 4.04. The van der Waals surface area contributed by atoms with E-state index in [1.54, 1.807) is 0 Å². The SMILES string of the molecule is CCC1CCC(C(C)C2CCC(c3cc(F)cc(F)c3)CC2)CC1. The average molecular weight is 334 g/mol. The molecule has 1 aromatic carbocycles. The molecule has 0 N–H and O–H groups in total. The molecule has 0 spiro atoms. The van der Waals surface area contributed by atoms with E-state index in [-0.39, 0.29) is 0 Å². The lowest BCUT2D eigenvalue weighted by molar-refractivity contribution is 0.133. The molecule has 2 heteroatoms. The van der Waals surface area contributed by atoms with Gasteiger partial charge in [-0.15, -0.1) is 0 Å². The summed E-state index contributed by atoms with van der Waals surface area (Å²) in [5.41, 5.74) is 0.863. The summed E-state index contributed by atoms with van der Waals surface area (Å²) < 4.78 is 26.9. The number of hydrogen-bond donors (Lipinski definition) is 0. The van der Waals surface area contributed by atoms with Gasteiger partial charge in [0.2, 0.25) is 0 Å². The summed E-state index contributed by atoms with van der Waals surface area (Å²) in [5.74, 6) is 2.96. The van der Waals surface area contributed by atoms with Crippen molar-refractivity contribution in [3.8, 4) is 0 Å². The highest BCUT2D eigenvalue weighted by Gasteiger charge is 2.32. The van der Waals surface area contributed by atoms with Crippen molar-refractivity contribution in [2.45, 2.75) is 77.6 Å². The van der Waals surface area contributed by atoms with Gasteiger partial charge in [-0.3, -0.25) is 0 Å². The van der Waals surface area contributed by atoms with Crippen molar-refractivity contribution in [1.82, 2.24) is 0 Å². The molecule has 2 fully saturated rings. The normalized spacial score (nSPS) is 32.5. The van der Waals surface area contributed by atoms with Crippen LogP contribution in [0.4, 0.5) is 8.78 Å². The minimum atomic E-state index is -0.437. The molecule has 0 bridgehead atoms. The zero-order valence-electron chi connectivity index (χ0n) is 15.2. The summed E-state index contributed by atoms with van der Waals surface area (Å²) in [7, 11) is 0. The lowest BCUT2D eigenvalue weighted by Gasteiger charge is -2.39. The maximum Gasteiger partial charge on any atom is 0.126 e. The smallest absolute Gasteiger partial charge is 0.126 e. The van der Waals surface area contributed by atoms with E-state index in [4.69, 9.17) is 0 Å². The van der Waals surface area contributed by atoms with Gasteiger partial charge < -0.3 is 0 Å². The zero-order chi connectivity index (χ0) is 17.1. The van der Waals surface area contributed by atoms with E-state index in [1.165, 1.54) is 57.1 Å². The Balaban J connectivity index is 1.53. The van der Waals surface area contributed by atoms with Gasteiger partial charge >= 0.3 is 0 Å². The monoisotopic (exact) mass is 334 g/mol. The second kappa shape index (κ2) is 7.97. The van der Waals surface area contributed by atoms with Gasteiger partial charge in [-0.25, -0.2) is 8.78 Å². The van der Waals surface area contributed by atoms with E-state index < -0.39 is 11.6 Å². The largest absolute Gasteiger partial charge is 0.207 e. The minimum Gasteiger partial charge on any atom is -0.207 e. The molecular formula is C22H32F2. The molecule has 134 valence electrons. The zero-order valence-corrected chi connectivity index (χ0v) is 15.2. The van der Waals surface area contributed by atoms with Crippen LogP contribution < -0.4 is 0 Å². The van der Waals surface area contributed by atoms with Crippen LogP contribution in [0.3, 0.4) is 0 Å². The lowest BCUT2D eigenvalue weighted by Crippen LogP contribution is -2.28. The van der Waals surface area contributed by atoms with Crippen LogP contribution in [0.2, 0.25) is 0 Å². The molecule has 2 saturated carbocycles. The molecule has 1 aromatic rings. The number of benzene rings is 1. The third-order valence-corrected chi connectivity index (χ3v) is 7.08. The molecule has 0 aliphatic heterocycles. The van der Waals surface area contributed by atoms with E-state index in [0.29, 0.717) is 5.92 Å². The third-order valence-electron chi connectivity index (χ3n) is 7.08. The number of hydrogen-bond acceptors (Lipinski definition) is 0. The summed E-state index contributed by atoms with van der Waals surface area (Å²) >= 11 is 0. The molecule has 0 nitrogen and oxygen atoms in total. The predicted molar refractivity (Wildman–Crippen MR) is 96.0 cm³/mol. The number of halogens is 2. The molecule has 3 rings (SSSR count).